The predicted molar refractivity (Wildman–Crippen MR) is 340 cm³/mol. The molecule has 1 saturated heterocycles. The van der Waals surface area contributed by atoms with Gasteiger partial charge in [0, 0.05) is 109 Å². The van der Waals surface area contributed by atoms with Crippen molar-refractivity contribution in [3.8, 4) is 73.4 Å². The first-order valence-corrected chi connectivity index (χ1v) is 32.8. The monoisotopic (exact) mass is 1370 g/mol. The molecule has 6 unspecified atom stereocenters. The number of carbonyl (C=O) groups is 2. The van der Waals surface area contributed by atoms with Crippen LogP contribution in [0, 0.1) is 18.8 Å². The van der Waals surface area contributed by atoms with Crippen molar-refractivity contribution in [3.63, 3.8) is 0 Å². The number of rotatable bonds is 21. The van der Waals surface area contributed by atoms with Crippen LogP contribution in [0.5, 0.6) is 5.75 Å². The number of hydrogen-bond acceptors (Lipinski definition) is 21. The van der Waals surface area contributed by atoms with Crippen molar-refractivity contribution in [2.75, 3.05) is 53.4 Å². The van der Waals surface area contributed by atoms with Crippen molar-refractivity contribution in [1.29, 1.82) is 0 Å². The summed E-state index contributed by atoms with van der Waals surface area (Å²) in [5, 5.41) is 26.4. The molecule has 2 aliphatic heterocycles. The zero-order valence-electron chi connectivity index (χ0n) is 49.0. The zero-order valence-corrected chi connectivity index (χ0v) is 53.1. The molecule has 3 aliphatic rings. The Morgan fingerprint density at radius 3 is 2.24 bits per heavy atom. The number of fused-ring (bicyclic) bond motifs is 5. The molecular formula is C61H51Cl2FN7O19P3. The van der Waals surface area contributed by atoms with Gasteiger partial charge in [-0.15, -0.1) is 0 Å². The summed E-state index contributed by atoms with van der Waals surface area (Å²) in [6, 6.07) is 23.3. The number of phosphoric ester groups is 2. The number of phenolic OH excluding ortho intramolecular Hbond substituents is 1. The number of hydrogen-bond donors (Lipinski definition) is 6. The number of nitrogens with zero attached hydrogens (tertiary/aromatic N) is 4. The van der Waals surface area contributed by atoms with Crippen LogP contribution in [0.1, 0.15) is 44.5 Å². The predicted octanol–water partition coefficient (Wildman–Crippen LogP) is 11.9. The van der Waals surface area contributed by atoms with E-state index in [1.54, 1.807) is 79.1 Å². The molecule has 6 atom stereocenters. The van der Waals surface area contributed by atoms with Crippen LogP contribution < -0.4 is 22.0 Å². The number of carboxylic acids is 1. The van der Waals surface area contributed by atoms with Gasteiger partial charge in [0.25, 0.3) is 11.5 Å². The molecule has 1 amide bonds. The Morgan fingerprint density at radius 1 is 0.860 bits per heavy atom. The second kappa shape index (κ2) is 26.8. The Bertz CT molecular complexity index is 4950. The number of carboxylic acid groups (broad SMARTS) is 1. The molecule has 32 heteroatoms. The van der Waals surface area contributed by atoms with Gasteiger partial charge in [-0.05, 0) is 47.7 Å². The summed E-state index contributed by atoms with van der Waals surface area (Å²) in [6.07, 6.45) is 2.49. The minimum Gasteiger partial charge on any atom is -0.507 e. The van der Waals surface area contributed by atoms with Crippen LogP contribution in [0.3, 0.4) is 0 Å². The van der Waals surface area contributed by atoms with Crippen LogP contribution in [-0.2, 0) is 49.9 Å². The number of nitrogen functional groups attached to an aromatic ring is 1. The van der Waals surface area contributed by atoms with Crippen LogP contribution in [-0.4, -0.2) is 111 Å². The largest absolute Gasteiger partial charge is 0.507 e. The molecule has 0 saturated carbocycles. The minimum absolute atomic E-state index is 0.00906. The van der Waals surface area contributed by atoms with Gasteiger partial charge in [-0.3, -0.25) is 47.4 Å². The number of aromatic amines is 1. The second-order valence-corrected chi connectivity index (χ2v) is 26.7. The van der Waals surface area contributed by atoms with E-state index < -0.39 is 88.4 Å². The fraction of sp³-hybridized carbons (Fsp3) is 0.197. The minimum atomic E-state index is -5.16. The first-order chi connectivity index (χ1) is 44.5. The summed E-state index contributed by atoms with van der Waals surface area (Å²) >= 11 is 14.5. The van der Waals surface area contributed by atoms with Gasteiger partial charge in [-0.1, -0.05) is 95.7 Å². The lowest BCUT2D eigenvalue weighted by molar-refractivity contribution is -0.0324. The number of carbonyl (C=O) groups excluding carboxylic acids is 1. The van der Waals surface area contributed by atoms with Crippen LogP contribution in [0.25, 0.3) is 88.6 Å². The number of anilines is 1. The highest BCUT2D eigenvalue weighted by atomic mass is 35.5. The van der Waals surface area contributed by atoms with Gasteiger partial charge in [0.2, 0.25) is 5.95 Å². The van der Waals surface area contributed by atoms with Crippen molar-refractivity contribution < 1.29 is 83.4 Å². The quantitative estimate of drug-likeness (QED) is 0.0128. The SMILES string of the molecule is COP(=O)(O)OP(=O)(OC)OP(=O)(OC)OCC1OC(n2cc(C#CCOCCNC(=O)c3cc(Cl)c(C(=O)O)c(-c4c5c6ccccc6c(=O)c(-c6cccnc6)c-5oc5c(-c6ccccc6C)c(O)c(-c6cccnc6)cc45)c3Cl)c3c(=O)[nH]c(N)nc32)CC1F. The van der Waals surface area contributed by atoms with Crippen molar-refractivity contribution in [2.24, 2.45) is 0 Å². The highest BCUT2D eigenvalue weighted by molar-refractivity contribution is 7.67. The molecule has 0 spiro atoms. The number of alkyl halides is 1. The molecule has 26 nitrogen and oxygen atoms in total. The number of phenols is 1. The third-order valence-corrected chi connectivity index (χ3v) is 20.7. The summed E-state index contributed by atoms with van der Waals surface area (Å²) < 4.78 is 101. The summed E-state index contributed by atoms with van der Waals surface area (Å²) in [7, 11) is -12.9. The molecular weight excluding hydrogens is 1320 g/mol. The van der Waals surface area contributed by atoms with Gasteiger partial charge in [0.1, 0.15) is 42.2 Å². The molecule has 4 aromatic carbocycles. The molecule has 0 bridgehead atoms. The smallest absolute Gasteiger partial charge is 0.492 e. The number of halogens is 3. The number of nitrogens with one attached hydrogen (secondary N) is 2. The van der Waals surface area contributed by atoms with E-state index in [1.807, 2.05) is 19.1 Å². The molecule has 93 heavy (non-hydrogen) atoms. The van der Waals surface area contributed by atoms with Gasteiger partial charge in [-0.2, -0.15) is 13.6 Å². The number of aromatic nitrogens is 5. The summed E-state index contributed by atoms with van der Waals surface area (Å²) in [5.41, 5.74) is 6.53. The number of H-pyrrole nitrogens is 1. The lowest BCUT2D eigenvalue weighted by atomic mass is 9.82. The van der Waals surface area contributed by atoms with Gasteiger partial charge >= 0.3 is 29.4 Å². The average Bonchev–Trinajstić information content (AvgIpc) is 1.19. The zero-order chi connectivity index (χ0) is 66.3. The Labute approximate surface area is 535 Å². The molecule has 11 rings (SSSR count). The van der Waals surface area contributed by atoms with Crippen molar-refractivity contribution in [2.45, 2.75) is 31.8 Å². The summed E-state index contributed by atoms with van der Waals surface area (Å²) in [6.45, 7) is 0.319. The lowest BCUT2D eigenvalue weighted by Crippen LogP contribution is -2.28. The number of amides is 1. The van der Waals surface area contributed by atoms with E-state index in [2.05, 4.69) is 50.5 Å². The third-order valence-electron chi connectivity index (χ3n) is 14.9. The number of aryl methyl sites for hydroxylation is 1. The Hall–Kier alpha value is -8.51. The number of aromatic carboxylic acids is 1. The first kappa shape index (κ1) is 66.0. The van der Waals surface area contributed by atoms with Gasteiger partial charge in [-0.25, -0.2) is 22.9 Å². The molecule has 8 aromatic rings. The third kappa shape index (κ3) is 13.0. The maximum absolute atomic E-state index is 15.7. The molecule has 0 radical (unpaired) electrons. The van der Waals surface area contributed by atoms with E-state index in [4.69, 9.17) is 56.2 Å². The van der Waals surface area contributed by atoms with E-state index >= 15 is 4.39 Å². The topological polar surface area (TPSA) is 365 Å². The van der Waals surface area contributed by atoms with Crippen molar-refractivity contribution >= 4 is 97.3 Å². The highest BCUT2D eigenvalue weighted by Crippen LogP contribution is 2.71. The van der Waals surface area contributed by atoms with E-state index in [0.29, 0.717) is 27.6 Å². The number of aromatic hydroxyl groups is 1. The Balaban J connectivity index is 0.903. The lowest BCUT2D eigenvalue weighted by Gasteiger charge is -2.25. The standard InChI is InChI=1S/C61H51Cl2FN7O19P3/c1-31-12-5-6-16-35(31)49-54(73)38(32-13-9-19-66-27-32)24-39-47(48-36-17-7-8-18-37(36)53(72)45(56(48)88-55(39)49)33-14-10-20-67-28-33)51-50(60(76)77)41(62)25-40(52(51)63)58(74)68-21-23-85-22-11-15-34-29-71(57-46(34)59(75)70-61(65)69-57)44-26-42(64)43(87-44)30-86-92(80,83-3)90-93(81,84-4)89-91(78,79)82-2/h5-10,12-14,16-20,24-25,27-29,42-44,73H,21-23,26,30H2,1-4H3,(H,68,74)(H,76,77)(H,78,79)(H3,65,69,70,75). The fourth-order valence-electron chi connectivity index (χ4n) is 10.8. The van der Waals surface area contributed by atoms with Gasteiger partial charge < -0.3 is 44.6 Å². The average molecular weight is 1370 g/mol. The summed E-state index contributed by atoms with van der Waals surface area (Å²) in [4.78, 5) is 81.5. The molecule has 4 aromatic heterocycles. The molecule has 480 valence electrons. The fourth-order valence-corrected chi connectivity index (χ4v) is 15.4. The molecule has 1 aliphatic carbocycles. The van der Waals surface area contributed by atoms with E-state index in [1.165, 1.54) is 23.2 Å². The number of nitrogens with two attached hydrogens (primary N) is 1. The first-order valence-electron chi connectivity index (χ1n) is 27.6. The Kier molecular flexibility index (Phi) is 19.0. The van der Waals surface area contributed by atoms with Crippen LogP contribution in [0.4, 0.5) is 10.3 Å². The van der Waals surface area contributed by atoms with Crippen molar-refractivity contribution in [3.05, 3.63) is 169 Å². The number of benzene rings is 5. The van der Waals surface area contributed by atoms with Crippen LogP contribution in [0.2, 0.25) is 10.0 Å². The number of phosphoric acid groups is 3. The molecule has 1 fully saturated rings. The second-order valence-electron chi connectivity index (χ2n) is 20.5. The normalized spacial score (nSPS) is 16.8. The number of ether oxygens (including phenoxy) is 2. The molecule has 7 N–H and O–H groups in total. The number of pyridine rings is 2. The van der Waals surface area contributed by atoms with E-state index in [0.717, 1.165) is 27.4 Å². The van der Waals surface area contributed by atoms with Crippen LogP contribution >= 0.6 is 46.7 Å². The summed E-state index contributed by atoms with van der Waals surface area (Å²) in [5.74, 6) is 2.69. The van der Waals surface area contributed by atoms with E-state index in [9.17, 15) is 48.0 Å². The maximum atomic E-state index is 15.7. The highest BCUT2D eigenvalue weighted by Gasteiger charge is 2.47. The van der Waals surface area contributed by atoms with Gasteiger partial charge in [0.05, 0.1) is 56.5 Å². The van der Waals surface area contributed by atoms with Crippen LogP contribution in [0.15, 0.2) is 130 Å². The van der Waals surface area contributed by atoms with Gasteiger partial charge in [0.15, 0.2) is 11.1 Å². The molecule has 6 heterocycles. The maximum Gasteiger partial charge on any atom is 0.492 e. The van der Waals surface area contributed by atoms with Crippen molar-refractivity contribution in [1.82, 2.24) is 29.8 Å². The Morgan fingerprint density at radius 2 is 1.56 bits per heavy atom. The van der Waals surface area contributed by atoms with E-state index in [-0.39, 0.29) is 114 Å².